The molecular formula is C9H14N4O2S2. The van der Waals surface area contributed by atoms with Crippen molar-refractivity contribution in [2.75, 3.05) is 0 Å². The van der Waals surface area contributed by atoms with Gasteiger partial charge in [0.2, 0.25) is 0 Å². The number of carboxylic acids is 1. The second kappa shape index (κ2) is 10.6. The molecule has 94 valence electrons. The molecule has 0 fully saturated rings. The van der Waals surface area contributed by atoms with Gasteiger partial charge in [0.15, 0.2) is 10.2 Å². The Hall–Kier alpha value is -1.93. The van der Waals surface area contributed by atoms with E-state index in [1.807, 2.05) is 0 Å². The molecule has 0 bridgehead atoms. The van der Waals surface area contributed by atoms with Crippen LogP contribution in [0.4, 0.5) is 0 Å². The van der Waals surface area contributed by atoms with E-state index < -0.39 is 5.97 Å². The molecule has 0 atom stereocenters. The van der Waals surface area contributed by atoms with Crippen molar-refractivity contribution < 1.29 is 9.90 Å². The average Bonchev–Trinajstić information content (AvgIpc) is 2.17. The highest BCUT2D eigenvalue weighted by atomic mass is 32.1. The summed E-state index contributed by atoms with van der Waals surface area (Å²) < 4.78 is 0. The molecule has 0 saturated carbocycles. The van der Waals surface area contributed by atoms with Crippen LogP contribution in [-0.4, -0.2) is 21.3 Å². The molecule has 6 nitrogen and oxygen atoms in total. The van der Waals surface area contributed by atoms with Gasteiger partial charge in [-0.2, -0.15) is 0 Å². The lowest BCUT2D eigenvalue weighted by molar-refractivity contribution is 0.0697. The Kier molecular flexibility index (Phi) is 10.9. The highest BCUT2D eigenvalue weighted by Gasteiger charge is 1.96. The lowest BCUT2D eigenvalue weighted by atomic mass is 10.2. The fourth-order valence-corrected chi connectivity index (χ4v) is 0.581. The van der Waals surface area contributed by atoms with Crippen LogP contribution in [0.25, 0.3) is 0 Å². The molecule has 0 saturated heterocycles. The third-order valence-corrected chi connectivity index (χ3v) is 1.02. The van der Waals surface area contributed by atoms with E-state index in [1.54, 1.807) is 30.3 Å². The number of benzene rings is 1. The minimum atomic E-state index is -0.879. The van der Waals surface area contributed by atoms with Crippen molar-refractivity contribution in [3.05, 3.63) is 35.9 Å². The summed E-state index contributed by atoms with van der Waals surface area (Å²) in [6, 6.07) is 8.30. The number of carbonyl (C=O) groups is 1. The van der Waals surface area contributed by atoms with Crippen molar-refractivity contribution in [1.29, 1.82) is 0 Å². The minimum absolute atomic E-state index is 0.000000000000000222. The Morgan fingerprint density at radius 2 is 1.24 bits per heavy atom. The van der Waals surface area contributed by atoms with E-state index in [2.05, 4.69) is 47.4 Å². The van der Waals surface area contributed by atoms with Crippen LogP contribution in [0.2, 0.25) is 0 Å². The van der Waals surface area contributed by atoms with E-state index in [0.717, 1.165) is 0 Å². The second-order valence-electron chi connectivity index (χ2n) is 2.48. The van der Waals surface area contributed by atoms with Crippen LogP contribution < -0.4 is 22.9 Å². The molecule has 0 aliphatic rings. The normalized spacial score (nSPS) is 7.53. The number of carboxylic acid groups (broad SMARTS) is 1. The molecule has 0 amide bonds. The van der Waals surface area contributed by atoms with Crippen LogP contribution in [0.15, 0.2) is 30.3 Å². The first kappa shape index (κ1) is 17.5. The summed E-state index contributed by atoms with van der Waals surface area (Å²) in [5.74, 6) is -0.879. The maximum atomic E-state index is 10.2. The van der Waals surface area contributed by atoms with E-state index in [0.29, 0.717) is 5.56 Å². The molecule has 9 N–H and O–H groups in total. The summed E-state index contributed by atoms with van der Waals surface area (Å²) in [5.41, 5.74) is 18.8. The number of hydrogen-bond donors (Lipinski definition) is 5. The van der Waals surface area contributed by atoms with E-state index in [-0.39, 0.29) is 10.2 Å². The first-order valence-corrected chi connectivity index (χ1v) is 4.97. The van der Waals surface area contributed by atoms with Crippen LogP contribution in [0.1, 0.15) is 10.4 Å². The van der Waals surface area contributed by atoms with Crippen molar-refractivity contribution in [2.45, 2.75) is 0 Å². The van der Waals surface area contributed by atoms with E-state index in [9.17, 15) is 4.79 Å². The number of rotatable bonds is 1. The minimum Gasteiger partial charge on any atom is -0.478 e. The Morgan fingerprint density at radius 3 is 1.41 bits per heavy atom. The zero-order chi connectivity index (χ0) is 13.8. The molecule has 1 aromatic rings. The molecule has 0 heterocycles. The number of nitrogens with two attached hydrogens (primary N) is 4. The van der Waals surface area contributed by atoms with Gasteiger partial charge in [0.25, 0.3) is 0 Å². The number of thiocarbonyl (C=S) groups is 2. The van der Waals surface area contributed by atoms with Gasteiger partial charge in [0.1, 0.15) is 0 Å². The fourth-order valence-electron chi connectivity index (χ4n) is 0.581. The molecule has 0 aliphatic heterocycles. The second-order valence-corrected chi connectivity index (χ2v) is 3.42. The molecule has 8 heteroatoms. The number of aromatic carboxylic acids is 1. The maximum absolute atomic E-state index is 10.2. The molecule has 0 aliphatic carbocycles. The summed E-state index contributed by atoms with van der Waals surface area (Å²) >= 11 is 8.19. The van der Waals surface area contributed by atoms with Crippen molar-refractivity contribution in [3.8, 4) is 0 Å². The summed E-state index contributed by atoms with van der Waals surface area (Å²) in [6.07, 6.45) is 0. The van der Waals surface area contributed by atoms with Crippen LogP contribution in [0.5, 0.6) is 0 Å². The zero-order valence-corrected chi connectivity index (χ0v) is 10.5. The highest BCUT2D eigenvalue weighted by molar-refractivity contribution is 7.80. The first-order chi connectivity index (χ1) is 7.77. The van der Waals surface area contributed by atoms with E-state index in [1.165, 1.54) is 0 Å². The molecular weight excluding hydrogens is 260 g/mol. The average molecular weight is 274 g/mol. The van der Waals surface area contributed by atoms with Crippen molar-refractivity contribution in [3.63, 3.8) is 0 Å². The van der Waals surface area contributed by atoms with Crippen molar-refractivity contribution in [2.24, 2.45) is 22.9 Å². The highest BCUT2D eigenvalue weighted by Crippen LogP contribution is 1.96. The van der Waals surface area contributed by atoms with Crippen LogP contribution in [-0.2, 0) is 0 Å². The van der Waals surface area contributed by atoms with Crippen molar-refractivity contribution in [1.82, 2.24) is 0 Å². The zero-order valence-electron chi connectivity index (χ0n) is 8.87. The summed E-state index contributed by atoms with van der Waals surface area (Å²) in [7, 11) is 0. The van der Waals surface area contributed by atoms with Crippen molar-refractivity contribution >= 4 is 40.6 Å². The van der Waals surface area contributed by atoms with Crippen LogP contribution in [0, 0.1) is 0 Å². The Balaban J connectivity index is 0. The third kappa shape index (κ3) is 20.2. The predicted molar refractivity (Wildman–Crippen MR) is 75.3 cm³/mol. The Labute approximate surface area is 110 Å². The molecule has 0 radical (unpaired) electrons. The maximum Gasteiger partial charge on any atom is 0.335 e. The van der Waals surface area contributed by atoms with Gasteiger partial charge in [-0.3, -0.25) is 0 Å². The lowest BCUT2D eigenvalue weighted by Crippen LogP contribution is -2.18. The summed E-state index contributed by atoms with van der Waals surface area (Å²) in [4.78, 5) is 10.2. The standard InChI is InChI=1S/C7H6O2.2CH4N2S/c8-7(9)6-4-2-1-3-5-6;2*2-1(3)4/h1-5H,(H,8,9);2*(H4,2,3,4). The van der Waals surface area contributed by atoms with Gasteiger partial charge in [-0.05, 0) is 36.6 Å². The lowest BCUT2D eigenvalue weighted by Gasteiger charge is -1.88. The fraction of sp³-hybridized carbons (Fsp3) is 0. The van der Waals surface area contributed by atoms with Gasteiger partial charge in [0, 0.05) is 0 Å². The number of hydrogen-bond acceptors (Lipinski definition) is 3. The Morgan fingerprint density at radius 1 is 0.941 bits per heavy atom. The smallest absolute Gasteiger partial charge is 0.335 e. The SMILES string of the molecule is NC(N)=S.NC(N)=S.O=C(O)c1ccccc1. The van der Waals surface area contributed by atoms with Gasteiger partial charge in [-0.15, -0.1) is 0 Å². The van der Waals surface area contributed by atoms with Crippen LogP contribution in [0.3, 0.4) is 0 Å². The molecule has 17 heavy (non-hydrogen) atoms. The van der Waals surface area contributed by atoms with Crippen LogP contribution >= 0.6 is 24.4 Å². The predicted octanol–water partition coefficient (Wildman–Crippen LogP) is -0.238. The molecule has 0 aromatic heterocycles. The van der Waals surface area contributed by atoms with E-state index in [4.69, 9.17) is 5.11 Å². The van der Waals surface area contributed by atoms with Gasteiger partial charge in [0.05, 0.1) is 5.56 Å². The largest absolute Gasteiger partial charge is 0.478 e. The van der Waals surface area contributed by atoms with Gasteiger partial charge in [-0.1, -0.05) is 18.2 Å². The Bertz CT molecular complexity index is 351. The summed E-state index contributed by atoms with van der Waals surface area (Å²) in [6.45, 7) is 0. The molecule has 0 unspecified atom stereocenters. The van der Waals surface area contributed by atoms with E-state index >= 15 is 0 Å². The van der Waals surface area contributed by atoms with Gasteiger partial charge in [-0.25, -0.2) is 4.79 Å². The molecule has 1 aromatic carbocycles. The first-order valence-electron chi connectivity index (χ1n) is 4.15. The van der Waals surface area contributed by atoms with Gasteiger partial charge >= 0.3 is 5.97 Å². The van der Waals surface area contributed by atoms with Gasteiger partial charge < -0.3 is 28.0 Å². The monoisotopic (exact) mass is 274 g/mol. The topological polar surface area (TPSA) is 141 Å². The molecule has 0 spiro atoms. The third-order valence-electron chi connectivity index (χ3n) is 1.02. The molecule has 1 rings (SSSR count). The summed E-state index contributed by atoms with van der Waals surface area (Å²) in [5, 5.41) is 8.38. The quantitative estimate of drug-likeness (QED) is 0.442.